The molecule has 0 heterocycles. The van der Waals surface area contributed by atoms with E-state index >= 15 is 0 Å². The van der Waals surface area contributed by atoms with Crippen molar-refractivity contribution < 1.29 is 35.4 Å². The molecule has 4 heteroatoms. The van der Waals surface area contributed by atoms with Crippen LogP contribution in [-0.2, 0) is 25.2 Å². The minimum Gasteiger partial charge on any atom is -0.479 e. The molecule has 0 rings (SSSR count). The molecule has 0 aromatic heterocycles. The third-order valence-electron chi connectivity index (χ3n) is 0.523. The van der Waals surface area contributed by atoms with Gasteiger partial charge in [0.25, 0.3) is 0 Å². The minimum atomic E-state index is -1.58. The van der Waals surface area contributed by atoms with Crippen LogP contribution in [0.4, 0.5) is 0 Å². The van der Waals surface area contributed by atoms with Gasteiger partial charge in [-0.2, -0.15) is 0 Å². The molecule has 0 fully saturated rings. The molecular weight excluding hydrogens is 282 g/mol. The van der Waals surface area contributed by atoms with Crippen LogP contribution in [0, 0.1) is 0 Å². The Morgan fingerprint density at radius 3 is 1.62 bits per heavy atom. The molecule has 0 unspecified atom stereocenters. The molecular formula is C4H8O3Re. The minimum absolute atomic E-state index is 0. The zero-order valence-electron chi connectivity index (χ0n) is 4.68. The summed E-state index contributed by atoms with van der Waals surface area (Å²) < 4.78 is 0. The molecule has 0 saturated heterocycles. The Kier molecular flexibility index (Phi) is 4.37. The van der Waals surface area contributed by atoms with Crippen molar-refractivity contribution >= 4 is 5.97 Å². The molecule has 0 aliphatic carbocycles. The maximum absolute atomic E-state index is 9.77. The van der Waals surface area contributed by atoms with Crippen LogP contribution in [0.3, 0.4) is 0 Å². The number of carbonyl (C=O) groups is 1. The molecule has 0 amide bonds. The van der Waals surface area contributed by atoms with Gasteiger partial charge in [0.05, 0.1) is 0 Å². The first-order valence-corrected chi connectivity index (χ1v) is 1.90. The third kappa shape index (κ3) is 4.26. The SMILES string of the molecule is CC(C)(O)C(=O)O.[Re]. The van der Waals surface area contributed by atoms with E-state index in [4.69, 9.17) is 10.2 Å². The van der Waals surface area contributed by atoms with Crippen LogP contribution in [0.1, 0.15) is 13.8 Å². The topological polar surface area (TPSA) is 57.5 Å². The molecule has 0 saturated carbocycles. The number of hydrogen-bond donors (Lipinski definition) is 2. The Bertz CT molecular complexity index is 83.8. The maximum Gasteiger partial charge on any atom is 0.335 e. The van der Waals surface area contributed by atoms with Crippen molar-refractivity contribution in [1.82, 2.24) is 0 Å². The second kappa shape index (κ2) is 3.18. The quantitative estimate of drug-likeness (QED) is 0.705. The first-order chi connectivity index (χ1) is 2.94. The fraction of sp³-hybridized carbons (Fsp3) is 0.750. The van der Waals surface area contributed by atoms with E-state index in [0.29, 0.717) is 0 Å². The predicted molar refractivity (Wildman–Crippen MR) is 23.9 cm³/mol. The summed E-state index contributed by atoms with van der Waals surface area (Å²) in [6.07, 6.45) is 0. The van der Waals surface area contributed by atoms with Gasteiger partial charge in [-0.15, -0.1) is 0 Å². The van der Waals surface area contributed by atoms with Crippen molar-refractivity contribution in [3.8, 4) is 0 Å². The predicted octanol–water partition coefficient (Wildman–Crippen LogP) is -0.161. The first kappa shape index (κ1) is 11.0. The van der Waals surface area contributed by atoms with Crippen LogP contribution in [0.5, 0.6) is 0 Å². The van der Waals surface area contributed by atoms with Crippen molar-refractivity contribution in [1.29, 1.82) is 0 Å². The fourth-order valence-corrected chi connectivity index (χ4v) is 0. The molecule has 0 bridgehead atoms. The first-order valence-electron chi connectivity index (χ1n) is 1.90. The van der Waals surface area contributed by atoms with Gasteiger partial charge in [0.2, 0.25) is 0 Å². The Morgan fingerprint density at radius 1 is 1.50 bits per heavy atom. The van der Waals surface area contributed by atoms with E-state index in [1.165, 1.54) is 13.8 Å². The van der Waals surface area contributed by atoms with Crippen LogP contribution in [0.15, 0.2) is 0 Å². The van der Waals surface area contributed by atoms with Gasteiger partial charge in [-0.1, -0.05) is 0 Å². The molecule has 0 aromatic carbocycles. The summed E-state index contributed by atoms with van der Waals surface area (Å²) in [4.78, 5) is 9.77. The van der Waals surface area contributed by atoms with Crippen LogP contribution in [-0.4, -0.2) is 21.8 Å². The van der Waals surface area contributed by atoms with Crippen molar-refractivity contribution in [3.63, 3.8) is 0 Å². The zero-order valence-corrected chi connectivity index (χ0v) is 7.40. The Balaban J connectivity index is 0. The van der Waals surface area contributed by atoms with Gasteiger partial charge in [0.15, 0.2) is 5.60 Å². The number of aliphatic carboxylic acids is 1. The standard InChI is InChI=1S/C4H8O3.Re/c1-4(2,7)3(5)6;/h7H,1-2H3,(H,5,6);. The third-order valence-corrected chi connectivity index (χ3v) is 0.523. The second-order valence-corrected chi connectivity index (χ2v) is 1.86. The van der Waals surface area contributed by atoms with E-state index in [9.17, 15) is 4.79 Å². The number of carboxylic acids is 1. The van der Waals surface area contributed by atoms with Gasteiger partial charge in [0, 0.05) is 20.4 Å². The second-order valence-electron chi connectivity index (χ2n) is 1.86. The monoisotopic (exact) mass is 291 g/mol. The van der Waals surface area contributed by atoms with Gasteiger partial charge in [0.1, 0.15) is 0 Å². The van der Waals surface area contributed by atoms with Crippen molar-refractivity contribution in [2.24, 2.45) is 0 Å². The normalized spacial score (nSPS) is 9.88. The number of hydrogen-bond acceptors (Lipinski definition) is 2. The average molecular weight is 290 g/mol. The average Bonchev–Trinajstić information content (AvgIpc) is 1.31. The summed E-state index contributed by atoms with van der Waals surface area (Å²) in [5.41, 5.74) is -1.58. The van der Waals surface area contributed by atoms with E-state index in [2.05, 4.69) is 0 Å². The molecule has 0 atom stereocenters. The van der Waals surface area contributed by atoms with Crippen LogP contribution in [0.25, 0.3) is 0 Å². The van der Waals surface area contributed by atoms with E-state index in [0.717, 1.165) is 0 Å². The maximum atomic E-state index is 9.77. The van der Waals surface area contributed by atoms with Crippen LogP contribution < -0.4 is 0 Å². The molecule has 0 spiro atoms. The van der Waals surface area contributed by atoms with E-state index < -0.39 is 11.6 Å². The molecule has 8 heavy (non-hydrogen) atoms. The van der Waals surface area contributed by atoms with Gasteiger partial charge in [-0.25, -0.2) is 4.79 Å². The van der Waals surface area contributed by atoms with Gasteiger partial charge < -0.3 is 10.2 Å². The summed E-state index contributed by atoms with van der Waals surface area (Å²) in [7, 11) is 0. The summed E-state index contributed by atoms with van der Waals surface area (Å²) in [6, 6.07) is 0. The molecule has 49 valence electrons. The van der Waals surface area contributed by atoms with Gasteiger partial charge in [-0.05, 0) is 13.8 Å². The van der Waals surface area contributed by atoms with Gasteiger partial charge in [-0.3, -0.25) is 0 Å². The largest absolute Gasteiger partial charge is 0.479 e. The smallest absolute Gasteiger partial charge is 0.335 e. The Labute approximate surface area is 61.4 Å². The van der Waals surface area contributed by atoms with Crippen LogP contribution >= 0.6 is 0 Å². The zero-order chi connectivity index (χ0) is 6.08. The molecule has 1 radical (unpaired) electrons. The van der Waals surface area contributed by atoms with E-state index in [-0.39, 0.29) is 20.4 Å². The molecule has 0 aromatic rings. The van der Waals surface area contributed by atoms with Crippen molar-refractivity contribution in [2.45, 2.75) is 19.4 Å². The van der Waals surface area contributed by atoms with Crippen molar-refractivity contribution in [2.75, 3.05) is 0 Å². The Morgan fingerprint density at radius 2 is 1.62 bits per heavy atom. The van der Waals surface area contributed by atoms with Gasteiger partial charge >= 0.3 is 5.97 Å². The number of carboxylic acid groups (broad SMARTS) is 1. The molecule has 3 nitrogen and oxygen atoms in total. The molecule has 0 aliphatic rings. The summed E-state index contributed by atoms with van der Waals surface area (Å²) >= 11 is 0. The fourth-order valence-electron chi connectivity index (χ4n) is 0. The number of rotatable bonds is 1. The molecule has 0 aliphatic heterocycles. The summed E-state index contributed by atoms with van der Waals surface area (Å²) in [5.74, 6) is -1.20. The Hall–Kier alpha value is 0.0923. The van der Waals surface area contributed by atoms with Crippen LogP contribution in [0.2, 0.25) is 0 Å². The van der Waals surface area contributed by atoms with E-state index in [1.54, 1.807) is 0 Å². The summed E-state index contributed by atoms with van der Waals surface area (Å²) in [5, 5.41) is 16.5. The van der Waals surface area contributed by atoms with Crippen molar-refractivity contribution in [3.05, 3.63) is 0 Å². The molecule has 2 N–H and O–H groups in total. The van der Waals surface area contributed by atoms with E-state index in [1.807, 2.05) is 0 Å². The number of aliphatic hydroxyl groups is 1. The summed E-state index contributed by atoms with van der Waals surface area (Å²) in [6.45, 7) is 2.44.